The van der Waals surface area contributed by atoms with Crippen LogP contribution in [0.4, 0.5) is 5.69 Å². The molecule has 2 aromatic carbocycles. The van der Waals surface area contributed by atoms with Crippen molar-refractivity contribution in [2.24, 2.45) is 0 Å². The van der Waals surface area contributed by atoms with Crippen molar-refractivity contribution in [2.75, 3.05) is 18.8 Å². The number of anilines is 1. The largest absolute Gasteiger partial charge is 0.397 e. The van der Waals surface area contributed by atoms with Crippen molar-refractivity contribution in [1.82, 2.24) is 14.9 Å². The van der Waals surface area contributed by atoms with Crippen molar-refractivity contribution in [3.63, 3.8) is 0 Å². The fourth-order valence-electron chi connectivity index (χ4n) is 4.45. The third kappa shape index (κ3) is 4.86. The number of carbonyl (C=O) groups excluding carboxylic acids is 2. The van der Waals surface area contributed by atoms with E-state index in [0.717, 1.165) is 22.3 Å². The second kappa shape index (κ2) is 9.91. The monoisotopic (exact) mass is 496 g/mol. The average molecular weight is 497 g/mol. The van der Waals surface area contributed by atoms with Gasteiger partial charge in [-0.25, -0.2) is 4.98 Å². The van der Waals surface area contributed by atoms with Crippen LogP contribution in [0.3, 0.4) is 0 Å². The Bertz CT molecular complexity index is 1430. The van der Waals surface area contributed by atoms with Crippen LogP contribution in [0.25, 0.3) is 11.1 Å². The van der Waals surface area contributed by atoms with E-state index in [4.69, 9.17) is 17.3 Å². The molecule has 0 spiro atoms. The number of aromatic nitrogens is 2. The van der Waals surface area contributed by atoms with Gasteiger partial charge >= 0.3 is 0 Å². The molecule has 2 N–H and O–H groups in total. The number of halogens is 1. The molecule has 1 saturated heterocycles. The van der Waals surface area contributed by atoms with Gasteiger partial charge in [0.05, 0.1) is 11.9 Å². The van der Waals surface area contributed by atoms with E-state index in [-0.39, 0.29) is 18.1 Å². The molecule has 0 radical (unpaired) electrons. The zero-order chi connectivity index (χ0) is 25.2. The summed E-state index contributed by atoms with van der Waals surface area (Å²) in [6, 6.07) is 19.1. The maximum Gasteiger partial charge on any atom is 0.253 e. The van der Waals surface area contributed by atoms with Crippen LogP contribution in [-0.4, -0.2) is 39.6 Å². The second-order valence-electron chi connectivity index (χ2n) is 9.10. The Morgan fingerprint density at radius 3 is 2.44 bits per heavy atom. The first-order valence-corrected chi connectivity index (χ1v) is 12.1. The molecule has 0 bridgehead atoms. The first-order chi connectivity index (χ1) is 17.4. The van der Waals surface area contributed by atoms with Crippen LogP contribution in [0.5, 0.6) is 0 Å². The average Bonchev–Trinajstić information content (AvgIpc) is 2.85. The highest BCUT2D eigenvalue weighted by Crippen LogP contribution is 2.31. The van der Waals surface area contributed by atoms with Gasteiger partial charge in [-0.1, -0.05) is 41.9 Å². The molecular formula is C29H25ClN4O2. The highest BCUT2D eigenvalue weighted by molar-refractivity contribution is 6.29. The molecule has 0 aliphatic carbocycles. The van der Waals surface area contributed by atoms with Gasteiger partial charge in [0.25, 0.3) is 5.91 Å². The number of ketones is 1. The maximum absolute atomic E-state index is 13.1. The van der Waals surface area contributed by atoms with E-state index in [1.165, 1.54) is 11.8 Å². The van der Waals surface area contributed by atoms with E-state index in [0.29, 0.717) is 41.0 Å². The number of hydrogen-bond donors (Lipinski definition) is 1. The highest BCUT2D eigenvalue weighted by atomic mass is 35.5. The van der Waals surface area contributed by atoms with Gasteiger partial charge in [-0.2, -0.15) is 0 Å². The molecular weight excluding hydrogens is 472 g/mol. The van der Waals surface area contributed by atoms with Gasteiger partial charge < -0.3 is 10.6 Å². The van der Waals surface area contributed by atoms with Crippen LogP contribution in [0.2, 0.25) is 5.15 Å². The third-order valence-electron chi connectivity index (χ3n) is 6.71. The highest BCUT2D eigenvalue weighted by Gasteiger charge is 2.32. The zero-order valence-corrected chi connectivity index (χ0v) is 20.6. The SMILES string of the molecule is Cc1ccc(C(=O)N2CC(c3ccc(-c4ccncc4N)cc3)C2)cc1CC(=O)c1ccc(Cl)nc1. The molecule has 5 rings (SSSR count). The van der Waals surface area contributed by atoms with E-state index in [9.17, 15) is 9.59 Å². The smallest absolute Gasteiger partial charge is 0.253 e. The predicted octanol–water partition coefficient (Wildman–Crippen LogP) is 5.35. The van der Waals surface area contributed by atoms with Gasteiger partial charge in [-0.15, -0.1) is 0 Å². The summed E-state index contributed by atoms with van der Waals surface area (Å²) in [5.41, 5.74) is 12.8. The van der Waals surface area contributed by atoms with Gasteiger partial charge in [0.15, 0.2) is 5.78 Å². The number of benzene rings is 2. The zero-order valence-electron chi connectivity index (χ0n) is 19.8. The maximum atomic E-state index is 13.1. The molecule has 36 heavy (non-hydrogen) atoms. The molecule has 0 unspecified atom stereocenters. The van der Waals surface area contributed by atoms with Crippen LogP contribution in [0.1, 0.15) is 43.3 Å². The number of hydrogen-bond acceptors (Lipinski definition) is 5. The van der Waals surface area contributed by atoms with E-state index in [1.807, 2.05) is 36.1 Å². The molecule has 1 aliphatic rings. The lowest BCUT2D eigenvalue weighted by atomic mass is 9.89. The Kier molecular flexibility index (Phi) is 6.53. The summed E-state index contributed by atoms with van der Waals surface area (Å²) in [4.78, 5) is 35.7. The number of aryl methyl sites for hydroxylation is 1. The normalized spacial score (nSPS) is 13.3. The van der Waals surface area contributed by atoms with Crippen molar-refractivity contribution in [2.45, 2.75) is 19.3 Å². The molecule has 7 heteroatoms. The lowest BCUT2D eigenvalue weighted by molar-refractivity contribution is 0.0602. The van der Waals surface area contributed by atoms with Gasteiger partial charge in [0.1, 0.15) is 5.15 Å². The number of amides is 1. The lowest BCUT2D eigenvalue weighted by Gasteiger charge is -2.39. The van der Waals surface area contributed by atoms with Crippen molar-refractivity contribution >= 4 is 29.0 Å². The Morgan fingerprint density at radius 1 is 1.00 bits per heavy atom. The van der Waals surface area contributed by atoms with Crippen molar-refractivity contribution in [3.8, 4) is 11.1 Å². The van der Waals surface area contributed by atoms with Gasteiger partial charge in [0.2, 0.25) is 0 Å². The van der Waals surface area contributed by atoms with Crippen LogP contribution in [0, 0.1) is 6.92 Å². The second-order valence-corrected chi connectivity index (χ2v) is 9.49. The Morgan fingerprint density at radius 2 is 1.75 bits per heavy atom. The summed E-state index contributed by atoms with van der Waals surface area (Å²) in [6.07, 6.45) is 5.07. The molecule has 1 fully saturated rings. The topological polar surface area (TPSA) is 89.2 Å². The van der Waals surface area contributed by atoms with Crippen LogP contribution >= 0.6 is 11.6 Å². The standard InChI is InChI=1S/C29H25ClN4O2/c1-18-2-3-21(12-23(18)13-27(35)22-8-9-28(30)33-14-22)29(36)34-16-24(17-34)19-4-6-20(7-5-19)25-10-11-32-15-26(25)31/h2-12,14-15,24H,13,16-17,31H2,1H3. The van der Waals surface area contributed by atoms with E-state index in [1.54, 1.807) is 24.5 Å². The number of pyridine rings is 2. The molecule has 1 amide bonds. The third-order valence-corrected chi connectivity index (χ3v) is 6.93. The van der Waals surface area contributed by atoms with E-state index >= 15 is 0 Å². The molecule has 4 aromatic rings. The number of likely N-dealkylation sites (tertiary alicyclic amines) is 1. The molecule has 3 heterocycles. The molecule has 1 aliphatic heterocycles. The first-order valence-electron chi connectivity index (χ1n) is 11.7. The van der Waals surface area contributed by atoms with Gasteiger partial charge in [-0.05, 0) is 59.5 Å². The summed E-state index contributed by atoms with van der Waals surface area (Å²) in [5, 5.41) is 0.345. The van der Waals surface area contributed by atoms with E-state index in [2.05, 4.69) is 34.2 Å². The molecule has 0 atom stereocenters. The van der Waals surface area contributed by atoms with Crippen LogP contribution in [0.15, 0.2) is 79.3 Å². The van der Waals surface area contributed by atoms with Crippen molar-refractivity contribution in [3.05, 3.63) is 112 Å². The minimum absolute atomic E-state index is 0.0192. The molecule has 2 aromatic heterocycles. The fraction of sp³-hybridized carbons (Fsp3) is 0.172. The summed E-state index contributed by atoms with van der Waals surface area (Å²) in [7, 11) is 0. The number of nitrogens with zero attached hydrogens (tertiary/aromatic N) is 3. The van der Waals surface area contributed by atoms with Gasteiger partial charge in [-0.3, -0.25) is 14.6 Å². The molecule has 180 valence electrons. The van der Waals surface area contributed by atoms with Gasteiger partial charge in [0, 0.05) is 54.5 Å². The Hall–Kier alpha value is -4.03. The van der Waals surface area contributed by atoms with Crippen molar-refractivity contribution in [1.29, 1.82) is 0 Å². The number of carbonyl (C=O) groups is 2. The molecule has 0 saturated carbocycles. The lowest BCUT2D eigenvalue weighted by Crippen LogP contribution is -2.48. The Labute approximate surface area is 214 Å². The van der Waals surface area contributed by atoms with E-state index < -0.39 is 0 Å². The Balaban J connectivity index is 1.23. The minimum atomic E-state index is -0.0622. The minimum Gasteiger partial charge on any atom is -0.397 e. The fourth-order valence-corrected chi connectivity index (χ4v) is 4.56. The number of Topliss-reactive ketones (excluding diaryl/α,β-unsaturated/α-hetero) is 1. The summed E-state index contributed by atoms with van der Waals surface area (Å²) >= 11 is 5.82. The summed E-state index contributed by atoms with van der Waals surface area (Å²) in [6.45, 7) is 3.27. The van der Waals surface area contributed by atoms with Crippen LogP contribution < -0.4 is 5.73 Å². The molecule has 6 nitrogen and oxygen atoms in total. The first kappa shape index (κ1) is 23.7. The van der Waals surface area contributed by atoms with Crippen LogP contribution in [-0.2, 0) is 6.42 Å². The summed E-state index contributed by atoms with van der Waals surface area (Å²) < 4.78 is 0. The summed E-state index contributed by atoms with van der Waals surface area (Å²) in [5.74, 6) is 0.212. The quantitative estimate of drug-likeness (QED) is 0.287. The number of nitrogens with two attached hydrogens (primary N) is 1. The van der Waals surface area contributed by atoms with Crippen molar-refractivity contribution < 1.29 is 9.59 Å². The predicted molar refractivity (Wildman–Crippen MR) is 141 cm³/mol. The number of rotatable bonds is 6. The number of nitrogen functional groups attached to an aromatic ring is 1.